The van der Waals surface area contributed by atoms with Gasteiger partial charge in [0.05, 0.1) is 7.11 Å². The van der Waals surface area contributed by atoms with Gasteiger partial charge in [0.1, 0.15) is 5.75 Å². The summed E-state index contributed by atoms with van der Waals surface area (Å²) in [6.45, 7) is 0.742. The Balaban J connectivity index is 0.00000112. The summed E-state index contributed by atoms with van der Waals surface area (Å²) in [6, 6.07) is 7.89. The van der Waals surface area contributed by atoms with Crippen molar-refractivity contribution in [3.63, 3.8) is 0 Å². The highest BCUT2D eigenvalue weighted by Gasteiger charge is 2.22. The van der Waals surface area contributed by atoms with Crippen LogP contribution in [0.1, 0.15) is 17.9 Å². The fraction of sp³-hybridized carbons (Fsp3) is 0.364. The van der Waals surface area contributed by atoms with Gasteiger partial charge in [0, 0.05) is 18.9 Å². The number of halogens is 1. The van der Waals surface area contributed by atoms with Crippen molar-refractivity contribution >= 4 is 18.3 Å². The van der Waals surface area contributed by atoms with Crippen LogP contribution in [0.15, 0.2) is 24.3 Å². The van der Waals surface area contributed by atoms with E-state index in [4.69, 9.17) is 4.74 Å². The molecule has 1 saturated heterocycles. The molecule has 1 heterocycles. The minimum absolute atomic E-state index is 0. The van der Waals surface area contributed by atoms with Gasteiger partial charge in [-0.25, -0.2) is 0 Å². The smallest absolute Gasteiger partial charge is 0.220 e. The summed E-state index contributed by atoms with van der Waals surface area (Å²) in [5.74, 6) is 1.29. The first-order chi connectivity index (χ1) is 6.79. The Morgan fingerprint density at radius 1 is 1.47 bits per heavy atom. The Kier molecular flexibility index (Phi) is 3.97. The molecule has 1 unspecified atom stereocenters. The van der Waals surface area contributed by atoms with Crippen molar-refractivity contribution < 1.29 is 9.53 Å². The Hall–Kier alpha value is -1.22. The van der Waals surface area contributed by atoms with Gasteiger partial charge in [0.2, 0.25) is 5.91 Å². The number of amides is 1. The highest BCUT2D eigenvalue weighted by atomic mass is 35.5. The summed E-state index contributed by atoms with van der Waals surface area (Å²) in [5.41, 5.74) is 1.17. The lowest BCUT2D eigenvalue weighted by molar-refractivity contribution is -0.119. The van der Waals surface area contributed by atoms with E-state index in [9.17, 15) is 4.79 Å². The summed E-state index contributed by atoms with van der Waals surface area (Å²) in [7, 11) is 1.65. The third kappa shape index (κ3) is 2.63. The van der Waals surface area contributed by atoms with Crippen molar-refractivity contribution in [3.8, 4) is 5.75 Å². The van der Waals surface area contributed by atoms with Gasteiger partial charge in [-0.15, -0.1) is 12.4 Å². The van der Waals surface area contributed by atoms with E-state index >= 15 is 0 Å². The average Bonchev–Trinajstić information content (AvgIpc) is 2.65. The summed E-state index contributed by atoms with van der Waals surface area (Å²) >= 11 is 0. The van der Waals surface area contributed by atoms with Crippen molar-refractivity contribution in [1.29, 1.82) is 0 Å². The Morgan fingerprint density at radius 2 is 2.27 bits per heavy atom. The van der Waals surface area contributed by atoms with E-state index in [1.54, 1.807) is 7.11 Å². The number of methoxy groups -OCH3 is 1. The first-order valence-electron chi connectivity index (χ1n) is 4.70. The normalized spacial score (nSPS) is 19.3. The van der Waals surface area contributed by atoms with Crippen LogP contribution in [0.2, 0.25) is 0 Å². The molecular weight excluding hydrogens is 214 g/mol. The minimum Gasteiger partial charge on any atom is -0.497 e. The number of rotatable bonds is 2. The highest BCUT2D eigenvalue weighted by Crippen LogP contribution is 2.25. The van der Waals surface area contributed by atoms with Gasteiger partial charge in [-0.1, -0.05) is 12.1 Å². The molecule has 1 aromatic rings. The SMILES string of the molecule is COc1cccc(C2CNC(=O)C2)c1.Cl. The molecule has 1 aromatic carbocycles. The quantitative estimate of drug-likeness (QED) is 0.836. The molecule has 0 aromatic heterocycles. The second kappa shape index (κ2) is 5.03. The predicted octanol–water partition coefficient (Wildman–Crippen LogP) is 1.72. The largest absolute Gasteiger partial charge is 0.497 e. The van der Waals surface area contributed by atoms with Crippen LogP contribution in [0.4, 0.5) is 0 Å². The van der Waals surface area contributed by atoms with Crippen molar-refractivity contribution in [2.24, 2.45) is 0 Å². The van der Waals surface area contributed by atoms with Crippen molar-refractivity contribution in [2.45, 2.75) is 12.3 Å². The van der Waals surface area contributed by atoms with Gasteiger partial charge >= 0.3 is 0 Å². The predicted molar refractivity (Wildman–Crippen MR) is 60.6 cm³/mol. The number of hydrogen-bond acceptors (Lipinski definition) is 2. The molecule has 2 rings (SSSR count). The molecule has 15 heavy (non-hydrogen) atoms. The van der Waals surface area contributed by atoms with Crippen LogP contribution in [-0.4, -0.2) is 19.6 Å². The van der Waals surface area contributed by atoms with Gasteiger partial charge in [-0.05, 0) is 17.7 Å². The second-order valence-electron chi connectivity index (χ2n) is 3.48. The molecule has 1 aliphatic rings. The number of carbonyl (C=O) groups is 1. The second-order valence-corrected chi connectivity index (χ2v) is 3.48. The van der Waals surface area contributed by atoms with Crippen LogP contribution < -0.4 is 10.1 Å². The summed E-state index contributed by atoms with van der Waals surface area (Å²) in [6.07, 6.45) is 0.590. The van der Waals surface area contributed by atoms with Gasteiger partial charge in [-0.3, -0.25) is 4.79 Å². The molecule has 1 N–H and O–H groups in total. The van der Waals surface area contributed by atoms with Crippen molar-refractivity contribution in [2.75, 3.05) is 13.7 Å². The molecule has 0 spiro atoms. The van der Waals surface area contributed by atoms with E-state index < -0.39 is 0 Å². The zero-order valence-corrected chi connectivity index (χ0v) is 9.34. The number of hydrogen-bond donors (Lipinski definition) is 1. The van der Waals surface area contributed by atoms with Crippen LogP contribution in [0.3, 0.4) is 0 Å². The molecule has 0 saturated carbocycles. The van der Waals surface area contributed by atoms with E-state index in [-0.39, 0.29) is 18.3 Å². The highest BCUT2D eigenvalue weighted by molar-refractivity contribution is 5.85. The maximum Gasteiger partial charge on any atom is 0.220 e. The molecule has 4 heteroatoms. The number of nitrogens with one attached hydrogen (secondary N) is 1. The molecule has 0 bridgehead atoms. The zero-order valence-electron chi connectivity index (χ0n) is 8.53. The molecule has 3 nitrogen and oxygen atoms in total. The van der Waals surface area contributed by atoms with E-state index in [0.717, 1.165) is 12.3 Å². The average molecular weight is 228 g/mol. The monoisotopic (exact) mass is 227 g/mol. The van der Waals surface area contributed by atoms with E-state index in [0.29, 0.717) is 12.3 Å². The number of carbonyl (C=O) groups excluding carboxylic acids is 1. The lowest BCUT2D eigenvalue weighted by Crippen LogP contribution is -2.13. The lowest BCUT2D eigenvalue weighted by Gasteiger charge is -2.08. The molecular formula is C11H14ClNO2. The van der Waals surface area contributed by atoms with E-state index in [1.165, 1.54) is 5.56 Å². The Morgan fingerprint density at radius 3 is 2.87 bits per heavy atom. The summed E-state index contributed by atoms with van der Waals surface area (Å²) < 4.78 is 5.14. The van der Waals surface area contributed by atoms with E-state index in [2.05, 4.69) is 5.32 Å². The fourth-order valence-electron chi connectivity index (χ4n) is 1.74. The minimum atomic E-state index is 0. The summed E-state index contributed by atoms with van der Waals surface area (Å²) in [5, 5.41) is 2.83. The van der Waals surface area contributed by atoms with Crippen LogP contribution in [0.25, 0.3) is 0 Å². The third-order valence-corrected chi connectivity index (χ3v) is 2.54. The molecule has 1 atom stereocenters. The summed E-state index contributed by atoms with van der Waals surface area (Å²) in [4.78, 5) is 11.0. The zero-order chi connectivity index (χ0) is 9.97. The van der Waals surface area contributed by atoms with Crippen LogP contribution >= 0.6 is 12.4 Å². The molecule has 1 amide bonds. The first-order valence-corrected chi connectivity index (χ1v) is 4.70. The molecule has 1 fully saturated rings. The Bertz CT molecular complexity index is 354. The third-order valence-electron chi connectivity index (χ3n) is 2.54. The van der Waals surface area contributed by atoms with Gasteiger partial charge in [-0.2, -0.15) is 0 Å². The Labute approximate surface area is 95.2 Å². The first kappa shape index (κ1) is 11.9. The van der Waals surface area contributed by atoms with Gasteiger partial charge < -0.3 is 10.1 Å². The number of ether oxygens (including phenoxy) is 1. The molecule has 0 radical (unpaired) electrons. The molecule has 1 aliphatic heterocycles. The van der Waals surface area contributed by atoms with Crippen LogP contribution in [0.5, 0.6) is 5.75 Å². The maximum absolute atomic E-state index is 11.0. The van der Waals surface area contributed by atoms with Gasteiger partial charge in [0.15, 0.2) is 0 Å². The maximum atomic E-state index is 11.0. The van der Waals surface area contributed by atoms with E-state index in [1.807, 2.05) is 24.3 Å². The standard InChI is InChI=1S/C11H13NO2.ClH/c1-14-10-4-2-3-8(5-10)9-6-11(13)12-7-9;/h2-5,9H,6-7H2,1H3,(H,12,13);1H. The topological polar surface area (TPSA) is 38.3 Å². The van der Waals surface area contributed by atoms with Gasteiger partial charge in [0.25, 0.3) is 0 Å². The fourth-order valence-corrected chi connectivity index (χ4v) is 1.74. The van der Waals surface area contributed by atoms with Crippen LogP contribution in [-0.2, 0) is 4.79 Å². The lowest BCUT2D eigenvalue weighted by atomic mass is 9.98. The molecule has 82 valence electrons. The molecule has 0 aliphatic carbocycles. The number of benzene rings is 1. The van der Waals surface area contributed by atoms with Crippen molar-refractivity contribution in [1.82, 2.24) is 5.32 Å². The van der Waals surface area contributed by atoms with Crippen molar-refractivity contribution in [3.05, 3.63) is 29.8 Å². The van der Waals surface area contributed by atoms with Crippen LogP contribution in [0, 0.1) is 0 Å².